The molecule has 0 radical (unpaired) electrons. The van der Waals surface area contributed by atoms with Gasteiger partial charge in [0.2, 0.25) is 0 Å². The first kappa shape index (κ1) is 13.6. The van der Waals surface area contributed by atoms with Crippen LogP contribution in [0.15, 0.2) is 18.2 Å². The first-order valence-corrected chi connectivity index (χ1v) is 5.02. The Morgan fingerprint density at radius 1 is 1.33 bits per heavy atom. The number of aliphatic carboxylic acids is 1. The Bertz CT molecular complexity index is 459. The summed E-state index contributed by atoms with van der Waals surface area (Å²) < 4.78 is 4.31. The molecule has 0 aromatic heterocycles. The van der Waals surface area contributed by atoms with Crippen molar-refractivity contribution in [3.63, 3.8) is 0 Å². The van der Waals surface area contributed by atoms with Crippen molar-refractivity contribution in [3.8, 4) is 11.5 Å². The number of amides is 1. The van der Waals surface area contributed by atoms with Crippen LogP contribution < -0.4 is 5.32 Å². The molecule has 1 rings (SSSR count). The number of carboxylic acids is 1. The van der Waals surface area contributed by atoms with Gasteiger partial charge in [-0.25, -0.2) is 9.59 Å². The minimum absolute atomic E-state index is 0.0434. The monoisotopic (exact) mass is 255 g/mol. The zero-order valence-electron chi connectivity index (χ0n) is 9.58. The van der Waals surface area contributed by atoms with Crippen LogP contribution in [-0.2, 0) is 16.0 Å². The van der Waals surface area contributed by atoms with Crippen LogP contribution in [0.4, 0.5) is 4.79 Å². The summed E-state index contributed by atoms with van der Waals surface area (Å²) in [5.41, 5.74) is 0.453. The Hall–Kier alpha value is -2.44. The van der Waals surface area contributed by atoms with Crippen LogP contribution in [0.2, 0.25) is 0 Å². The average molecular weight is 255 g/mol. The van der Waals surface area contributed by atoms with Gasteiger partial charge in [-0.3, -0.25) is 0 Å². The molecule has 0 spiro atoms. The lowest BCUT2D eigenvalue weighted by atomic mass is 10.1. The fraction of sp³-hybridized carbons (Fsp3) is 0.273. The predicted octanol–water partition coefficient (Wildman–Crippen LogP) is 0.449. The van der Waals surface area contributed by atoms with Crippen molar-refractivity contribution < 1.29 is 29.6 Å². The summed E-state index contributed by atoms with van der Waals surface area (Å²) in [6.07, 6.45) is -0.899. The molecule has 7 nitrogen and oxygen atoms in total. The van der Waals surface area contributed by atoms with Gasteiger partial charge in [-0.1, -0.05) is 6.07 Å². The molecule has 0 aliphatic carbocycles. The number of phenols is 2. The summed E-state index contributed by atoms with van der Waals surface area (Å²) in [5, 5.41) is 29.4. The molecule has 18 heavy (non-hydrogen) atoms. The Labute approximate surface area is 103 Å². The molecule has 0 aliphatic heterocycles. The summed E-state index contributed by atoms with van der Waals surface area (Å²) in [6.45, 7) is 0. The number of carbonyl (C=O) groups excluding carboxylic acids is 1. The lowest BCUT2D eigenvalue weighted by Crippen LogP contribution is -2.42. The van der Waals surface area contributed by atoms with E-state index in [4.69, 9.17) is 10.2 Å². The summed E-state index contributed by atoms with van der Waals surface area (Å²) >= 11 is 0. The first-order chi connectivity index (χ1) is 8.43. The molecule has 1 amide bonds. The normalized spacial score (nSPS) is 11.6. The van der Waals surface area contributed by atoms with Crippen molar-refractivity contribution in [1.82, 2.24) is 5.32 Å². The first-order valence-electron chi connectivity index (χ1n) is 5.02. The number of rotatable bonds is 4. The second-order valence-electron chi connectivity index (χ2n) is 3.55. The molecule has 0 aliphatic rings. The number of carboxylic acid groups (broad SMARTS) is 1. The van der Waals surface area contributed by atoms with E-state index in [1.165, 1.54) is 18.2 Å². The van der Waals surface area contributed by atoms with Crippen molar-refractivity contribution in [2.75, 3.05) is 7.11 Å². The maximum atomic E-state index is 11.0. The third-order valence-corrected chi connectivity index (χ3v) is 2.26. The standard InChI is InChI=1S/C11H13NO6/c1-18-11(17)12-7(10(15)16)4-6-2-3-8(13)9(14)5-6/h2-3,5,7,13-14H,4H2,1H3,(H,12,17)(H,15,16)/t7-/m0/s1. The van der Waals surface area contributed by atoms with Gasteiger partial charge < -0.3 is 25.4 Å². The molecule has 1 atom stereocenters. The van der Waals surface area contributed by atoms with Gasteiger partial charge >= 0.3 is 12.1 Å². The van der Waals surface area contributed by atoms with Crippen molar-refractivity contribution in [2.24, 2.45) is 0 Å². The Morgan fingerprint density at radius 2 is 2.00 bits per heavy atom. The largest absolute Gasteiger partial charge is 0.504 e. The topological polar surface area (TPSA) is 116 Å². The summed E-state index contributed by atoms with van der Waals surface area (Å²) in [7, 11) is 1.13. The van der Waals surface area contributed by atoms with Crippen LogP contribution in [0.25, 0.3) is 0 Å². The third-order valence-electron chi connectivity index (χ3n) is 2.26. The van der Waals surface area contributed by atoms with E-state index < -0.39 is 18.1 Å². The number of carbonyl (C=O) groups is 2. The third kappa shape index (κ3) is 3.55. The van der Waals surface area contributed by atoms with E-state index in [1.54, 1.807) is 0 Å². The van der Waals surface area contributed by atoms with E-state index in [-0.39, 0.29) is 17.9 Å². The fourth-order valence-corrected chi connectivity index (χ4v) is 1.33. The lowest BCUT2D eigenvalue weighted by molar-refractivity contribution is -0.139. The van der Waals surface area contributed by atoms with Crippen LogP contribution in [0.5, 0.6) is 11.5 Å². The van der Waals surface area contributed by atoms with Crippen LogP contribution in [0, 0.1) is 0 Å². The van der Waals surface area contributed by atoms with Gasteiger partial charge in [0.15, 0.2) is 11.5 Å². The molecule has 1 aromatic rings. The second kappa shape index (κ2) is 5.76. The predicted molar refractivity (Wildman–Crippen MR) is 60.4 cm³/mol. The number of aromatic hydroxyl groups is 2. The molecule has 0 saturated carbocycles. The van der Waals surface area contributed by atoms with Crippen molar-refractivity contribution in [3.05, 3.63) is 23.8 Å². The highest BCUT2D eigenvalue weighted by atomic mass is 16.5. The van der Waals surface area contributed by atoms with E-state index in [2.05, 4.69) is 10.1 Å². The number of benzene rings is 1. The Kier molecular flexibility index (Phi) is 4.36. The Morgan fingerprint density at radius 3 is 2.50 bits per heavy atom. The Balaban J connectivity index is 2.80. The quantitative estimate of drug-likeness (QED) is 0.580. The van der Waals surface area contributed by atoms with E-state index >= 15 is 0 Å². The molecule has 0 bridgehead atoms. The molecule has 1 aromatic carbocycles. The summed E-state index contributed by atoms with van der Waals surface area (Å²) in [5.74, 6) is -1.88. The van der Waals surface area contributed by atoms with Gasteiger partial charge in [0.1, 0.15) is 6.04 Å². The SMILES string of the molecule is COC(=O)N[C@@H](Cc1ccc(O)c(O)c1)C(=O)O. The zero-order valence-corrected chi connectivity index (χ0v) is 9.58. The van der Waals surface area contributed by atoms with Crippen LogP contribution in [0.1, 0.15) is 5.56 Å². The van der Waals surface area contributed by atoms with Gasteiger partial charge in [-0.15, -0.1) is 0 Å². The number of ether oxygens (including phenoxy) is 1. The molecule has 4 N–H and O–H groups in total. The average Bonchev–Trinajstić information content (AvgIpc) is 2.32. The fourth-order valence-electron chi connectivity index (χ4n) is 1.33. The highest BCUT2D eigenvalue weighted by Crippen LogP contribution is 2.25. The van der Waals surface area contributed by atoms with Gasteiger partial charge in [0, 0.05) is 6.42 Å². The van der Waals surface area contributed by atoms with Gasteiger partial charge in [0.05, 0.1) is 7.11 Å². The molecule has 0 saturated heterocycles. The summed E-state index contributed by atoms with van der Waals surface area (Å²) in [4.78, 5) is 21.9. The van der Waals surface area contributed by atoms with Crippen molar-refractivity contribution >= 4 is 12.1 Å². The smallest absolute Gasteiger partial charge is 0.407 e. The molecule has 7 heteroatoms. The number of methoxy groups -OCH3 is 1. The highest BCUT2D eigenvalue weighted by Gasteiger charge is 2.21. The highest BCUT2D eigenvalue weighted by molar-refractivity contribution is 5.80. The second-order valence-corrected chi connectivity index (χ2v) is 3.55. The van der Waals surface area contributed by atoms with E-state index in [0.29, 0.717) is 5.56 Å². The molecule has 98 valence electrons. The van der Waals surface area contributed by atoms with Crippen LogP contribution in [0.3, 0.4) is 0 Å². The van der Waals surface area contributed by atoms with E-state index in [9.17, 15) is 14.7 Å². The van der Waals surface area contributed by atoms with Crippen molar-refractivity contribution in [2.45, 2.75) is 12.5 Å². The van der Waals surface area contributed by atoms with E-state index in [1.807, 2.05) is 0 Å². The van der Waals surface area contributed by atoms with Crippen LogP contribution >= 0.6 is 0 Å². The number of alkyl carbamates (subject to hydrolysis) is 1. The number of phenolic OH excluding ortho intramolecular Hbond substituents is 2. The summed E-state index contributed by atoms with van der Waals surface area (Å²) in [6, 6.07) is 2.73. The molecular formula is C11H13NO6. The van der Waals surface area contributed by atoms with Gasteiger partial charge in [0.25, 0.3) is 0 Å². The number of nitrogens with one attached hydrogen (secondary N) is 1. The van der Waals surface area contributed by atoms with E-state index in [0.717, 1.165) is 7.11 Å². The number of hydrogen-bond donors (Lipinski definition) is 4. The lowest BCUT2D eigenvalue weighted by Gasteiger charge is -2.13. The maximum absolute atomic E-state index is 11.0. The molecule has 0 unspecified atom stereocenters. The van der Waals surface area contributed by atoms with Crippen LogP contribution in [-0.4, -0.2) is 40.5 Å². The van der Waals surface area contributed by atoms with Gasteiger partial charge in [-0.2, -0.15) is 0 Å². The number of hydrogen-bond acceptors (Lipinski definition) is 5. The zero-order chi connectivity index (χ0) is 13.7. The van der Waals surface area contributed by atoms with Crippen molar-refractivity contribution in [1.29, 1.82) is 0 Å². The molecular weight excluding hydrogens is 242 g/mol. The molecule has 0 heterocycles. The van der Waals surface area contributed by atoms with Gasteiger partial charge in [-0.05, 0) is 17.7 Å². The minimum Gasteiger partial charge on any atom is -0.504 e. The maximum Gasteiger partial charge on any atom is 0.407 e. The molecule has 0 fully saturated rings. The minimum atomic E-state index is -1.23.